The first kappa shape index (κ1) is 15.8. The highest BCUT2D eigenvalue weighted by Crippen LogP contribution is 2.25. The van der Waals surface area contributed by atoms with Gasteiger partial charge in [-0.05, 0) is 19.9 Å². The first-order valence-corrected chi connectivity index (χ1v) is 7.47. The average molecular weight is 291 g/mol. The average Bonchev–Trinajstić information content (AvgIpc) is 2.48. The Labute approximate surface area is 126 Å². The molecule has 1 saturated heterocycles. The van der Waals surface area contributed by atoms with E-state index < -0.39 is 0 Å². The zero-order valence-corrected chi connectivity index (χ0v) is 13.1. The van der Waals surface area contributed by atoms with Gasteiger partial charge in [0, 0.05) is 31.7 Å². The predicted molar refractivity (Wildman–Crippen MR) is 83.6 cm³/mol. The summed E-state index contributed by atoms with van der Waals surface area (Å²) in [5.74, 6) is 0.878. The standard InChI is InChI=1S/C16H25N3O2/c1-12-4-5-15(21-3)14(10-12)13(2)18-16(20)11-19-8-6-17-7-9-19/h4-5,10,13,17H,6-9,11H2,1-3H3,(H,18,20). The van der Waals surface area contributed by atoms with Crippen LogP contribution >= 0.6 is 0 Å². The molecule has 0 radical (unpaired) electrons. The number of rotatable bonds is 5. The van der Waals surface area contributed by atoms with Crippen molar-refractivity contribution in [3.63, 3.8) is 0 Å². The molecule has 0 aromatic heterocycles. The highest BCUT2D eigenvalue weighted by molar-refractivity contribution is 5.78. The first-order valence-electron chi connectivity index (χ1n) is 7.47. The molecule has 21 heavy (non-hydrogen) atoms. The van der Waals surface area contributed by atoms with Crippen molar-refractivity contribution in [2.75, 3.05) is 39.8 Å². The number of carbonyl (C=O) groups is 1. The van der Waals surface area contributed by atoms with Crippen LogP contribution in [0.15, 0.2) is 18.2 Å². The summed E-state index contributed by atoms with van der Waals surface area (Å²) in [6.45, 7) is 8.25. The van der Waals surface area contributed by atoms with Gasteiger partial charge in [-0.2, -0.15) is 0 Å². The van der Waals surface area contributed by atoms with Gasteiger partial charge in [-0.15, -0.1) is 0 Å². The van der Waals surface area contributed by atoms with Crippen molar-refractivity contribution in [3.8, 4) is 5.75 Å². The molecule has 116 valence electrons. The summed E-state index contributed by atoms with van der Waals surface area (Å²) in [5.41, 5.74) is 2.18. The third kappa shape index (κ3) is 4.44. The Kier molecular flexibility index (Phi) is 5.59. The smallest absolute Gasteiger partial charge is 0.234 e. The van der Waals surface area contributed by atoms with Crippen LogP contribution in [0.2, 0.25) is 0 Å². The first-order chi connectivity index (χ1) is 10.1. The number of nitrogens with one attached hydrogen (secondary N) is 2. The largest absolute Gasteiger partial charge is 0.496 e. The van der Waals surface area contributed by atoms with Crippen LogP contribution < -0.4 is 15.4 Å². The molecule has 1 aromatic rings. The van der Waals surface area contributed by atoms with Gasteiger partial charge in [0.05, 0.1) is 19.7 Å². The van der Waals surface area contributed by atoms with Gasteiger partial charge < -0.3 is 15.4 Å². The van der Waals surface area contributed by atoms with E-state index in [1.807, 2.05) is 26.0 Å². The monoisotopic (exact) mass is 291 g/mol. The van der Waals surface area contributed by atoms with E-state index in [1.165, 1.54) is 0 Å². The fourth-order valence-corrected chi connectivity index (χ4v) is 2.63. The molecule has 1 aliphatic heterocycles. The number of benzene rings is 1. The molecule has 0 saturated carbocycles. The third-order valence-electron chi connectivity index (χ3n) is 3.81. The number of methoxy groups -OCH3 is 1. The van der Waals surface area contributed by atoms with Crippen molar-refractivity contribution in [2.45, 2.75) is 19.9 Å². The summed E-state index contributed by atoms with van der Waals surface area (Å²) in [6.07, 6.45) is 0. The van der Waals surface area contributed by atoms with Crippen LogP contribution in [0.4, 0.5) is 0 Å². The van der Waals surface area contributed by atoms with Crippen molar-refractivity contribution in [3.05, 3.63) is 29.3 Å². The maximum atomic E-state index is 12.2. The van der Waals surface area contributed by atoms with Crippen molar-refractivity contribution in [1.82, 2.24) is 15.5 Å². The van der Waals surface area contributed by atoms with Gasteiger partial charge in [-0.1, -0.05) is 17.7 Å². The Morgan fingerprint density at radius 1 is 1.43 bits per heavy atom. The van der Waals surface area contributed by atoms with Crippen LogP contribution in [0.3, 0.4) is 0 Å². The van der Waals surface area contributed by atoms with E-state index in [0.29, 0.717) is 6.54 Å². The third-order valence-corrected chi connectivity index (χ3v) is 3.81. The minimum Gasteiger partial charge on any atom is -0.496 e. The van der Waals surface area contributed by atoms with Gasteiger partial charge >= 0.3 is 0 Å². The molecule has 0 bridgehead atoms. The Morgan fingerprint density at radius 2 is 2.14 bits per heavy atom. The molecule has 1 fully saturated rings. The maximum absolute atomic E-state index is 12.2. The number of hydrogen-bond donors (Lipinski definition) is 2. The van der Waals surface area contributed by atoms with E-state index in [4.69, 9.17) is 4.74 Å². The Morgan fingerprint density at radius 3 is 2.81 bits per heavy atom. The topological polar surface area (TPSA) is 53.6 Å². The number of carbonyl (C=O) groups excluding carboxylic acids is 1. The number of ether oxygens (including phenoxy) is 1. The van der Waals surface area contributed by atoms with Gasteiger partial charge in [0.1, 0.15) is 5.75 Å². The summed E-state index contributed by atoms with van der Waals surface area (Å²) >= 11 is 0. The van der Waals surface area contributed by atoms with E-state index >= 15 is 0 Å². The Balaban J connectivity index is 1.95. The van der Waals surface area contributed by atoms with Crippen LogP contribution in [0.25, 0.3) is 0 Å². The van der Waals surface area contributed by atoms with Gasteiger partial charge in [0.25, 0.3) is 0 Å². The molecule has 1 atom stereocenters. The second-order valence-corrected chi connectivity index (χ2v) is 5.56. The van der Waals surface area contributed by atoms with Crippen molar-refractivity contribution in [1.29, 1.82) is 0 Å². The number of amides is 1. The molecule has 5 nitrogen and oxygen atoms in total. The molecule has 0 aliphatic carbocycles. The quantitative estimate of drug-likeness (QED) is 0.852. The lowest BCUT2D eigenvalue weighted by Gasteiger charge is -2.27. The number of nitrogens with zero attached hydrogens (tertiary/aromatic N) is 1. The molecule has 5 heteroatoms. The minimum absolute atomic E-state index is 0.0599. The molecular formula is C16H25N3O2. The second kappa shape index (κ2) is 7.43. The van der Waals surface area contributed by atoms with Crippen molar-refractivity contribution >= 4 is 5.91 Å². The van der Waals surface area contributed by atoms with Gasteiger partial charge in [0.2, 0.25) is 5.91 Å². The minimum atomic E-state index is -0.0599. The summed E-state index contributed by atoms with van der Waals surface area (Å²) in [4.78, 5) is 14.3. The summed E-state index contributed by atoms with van der Waals surface area (Å²) in [6, 6.07) is 5.96. The second-order valence-electron chi connectivity index (χ2n) is 5.56. The molecule has 2 N–H and O–H groups in total. The zero-order chi connectivity index (χ0) is 15.2. The Hall–Kier alpha value is -1.59. The lowest BCUT2D eigenvalue weighted by molar-refractivity contribution is -0.123. The van der Waals surface area contributed by atoms with E-state index in [9.17, 15) is 4.79 Å². The predicted octanol–water partition coefficient (Wildman–Crippen LogP) is 1.09. The highest BCUT2D eigenvalue weighted by atomic mass is 16.5. The van der Waals surface area contributed by atoms with Gasteiger partial charge in [-0.25, -0.2) is 0 Å². The van der Waals surface area contributed by atoms with Crippen LogP contribution in [0, 0.1) is 6.92 Å². The number of aryl methyl sites for hydroxylation is 1. The molecule has 2 rings (SSSR count). The normalized spacial score (nSPS) is 17.3. The lowest BCUT2D eigenvalue weighted by atomic mass is 10.0. The van der Waals surface area contributed by atoms with Gasteiger partial charge in [0.15, 0.2) is 0 Å². The van der Waals surface area contributed by atoms with Crippen LogP contribution in [0.5, 0.6) is 5.75 Å². The Bertz CT molecular complexity index is 484. The molecular weight excluding hydrogens is 266 g/mol. The van der Waals surface area contributed by atoms with Crippen LogP contribution in [0.1, 0.15) is 24.1 Å². The molecule has 0 spiro atoms. The molecule has 1 aromatic carbocycles. The molecule has 1 aliphatic rings. The molecule has 1 unspecified atom stereocenters. The SMILES string of the molecule is COc1ccc(C)cc1C(C)NC(=O)CN1CCNCC1. The lowest BCUT2D eigenvalue weighted by Crippen LogP contribution is -2.47. The summed E-state index contributed by atoms with van der Waals surface area (Å²) in [7, 11) is 1.66. The van der Waals surface area contributed by atoms with Crippen molar-refractivity contribution in [2.24, 2.45) is 0 Å². The maximum Gasteiger partial charge on any atom is 0.234 e. The summed E-state index contributed by atoms with van der Waals surface area (Å²) in [5, 5.41) is 6.35. The molecule has 1 heterocycles. The number of hydrogen-bond acceptors (Lipinski definition) is 4. The fourth-order valence-electron chi connectivity index (χ4n) is 2.63. The van der Waals surface area contributed by atoms with Crippen molar-refractivity contribution < 1.29 is 9.53 Å². The van der Waals surface area contributed by atoms with E-state index in [-0.39, 0.29) is 11.9 Å². The fraction of sp³-hybridized carbons (Fsp3) is 0.562. The zero-order valence-electron chi connectivity index (χ0n) is 13.1. The van der Waals surface area contributed by atoms with Crippen LogP contribution in [-0.2, 0) is 4.79 Å². The van der Waals surface area contributed by atoms with Crippen LogP contribution in [-0.4, -0.2) is 50.6 Å². The summed E-state index contributed by atoms with van der Waals surface area (Å²) < 4.78 is 5.38. The molecule has 1 amide bonds. The van der Waals surface area contributed by atoms with E-state index in [0.717, 1.165) is 43.1 Å². The van der Waals surface area contributed by atoms with E-state index in [1.54, 1.807) is 7.11 Å². The highest BCUT2D eigenvalue weighted by Gasteiger charge is 2.17. The van der Waals surface area contributed by atoms with E-state index in [2.05, 4.69) is 21.6 Å². The van der Waals surface area contributed by atoms with Gasteiger partial charge in [-0.3, -0.25) is 9.69 Å². The number of piperazine rings is 1.